The van der Waals surface area contributed by atoms with Crippen molar-refractivity contribution in [2.24, 2.45) is 5.10 Å². The fraction of sp³-hybridized carbons (Fsp3) is 0.318. The van der Waals surface area contributed by atoms with E-state index < -0.39 is 5.37 Å². The third-order valence-electron chi connectivity index (χ3n) is 4.43. The molecule has 1 aliphatic rings. The van der Waals surface area contributed by atoms with E-state index in [9.17, 15) is 9.59 Å². The van der Waals surface area contributed by atoms with Gasteiger partial charge < -0.3 is 14.8 Å². The summed E-state index contributed by atoms with van der Waals surface area (Å²) in [6.45, 7) is 5.64. The average molecular weight is 462 g/mol. The molecule has 0 fully saturated rings. The number of benzene rings is 2. The summed E-state index contributed by atoms with van der Waals surface area (Å²) in [4.78, 5) is 23.3. The van der Waals surface area contributed by atoms with Gasteiger partial charge in [0.15, 0.2) is 5.17 Å². The first-order chi connectivity index (χ1) is 14.9. The minimum absolute atomic E-state index is 0.238. The molecular weight excluding hydrogens is 438 g/mol. The standard InChI is InChI=1S/C22H24ClN3O4S/c1-4-16-5-8-18(9-6-16)29-11-12-30-20-10-7-17(13-19(20)23)21-26(15(3)28)25-22(31-21)24-14(2)27/h5-10,13,21H,4,11-12H2,1-3H3,(H,24,25,27)/t21-/m1/s1. The second kappa shape index (κ2) is 10.5. The number of hydrogen-bond acceptors (Lipinski definition) is 6. The molecule has 164 valence electrons. The number of rotatable bonds is 7. The molecule has 2 aromatic rings. The molecule has 0 bridgehead atoms. The molecule has 1 heterocycles. The summed E-state index contributed by atoms with van der Waals surface area (Å²) in [6.07, 6.45) is 0.988. The molecular formula is C22H24ClN3O4S. The molecule has 0 radical (unpaired) electrons. The molecule has 0 unspecified atom stereocenters. The molecule has 31 heavy (non-hydrogen) atoms. The van der Waals surface area contributed by atoms with Crippen LogP contribution in [0.1, 0.15) is 37.3 Å². The van der Waals surface area contributed by atoms with Gasteiger partial charge in [-0.3, -0.25) is 9.59 Å². The molecule has 1 N–H and O–H groups in total. The van der Waals surface area contributed by atoms with E-state index in [1.165, 1.54) is 36.2 Å². The van der Waals surface area contributed by atoms with Crippen LogP contribution in [0, 0.1) is 0 Å². The number of aryl methyl sites for hydroxylation is 1. The van der Waals surface area contributed by atoms with E-state index >= 15 is 0 Å². The number of hydrazone groups is 1. The maximum Gasteiger partial charge on any atom is 0.241 e. The Hall–Kier alpha value is -2.71. The van der Waals surface area contributed by atoms with Crippen molar-refractivity contribution in [1.82, 2.24) is 10.3 Å². The van der Waals surface area contributed by atoms with Crippen LogP contribution in [0.2, 0.25) is 5.02 Å². The summed E-state index contributed by atoms with van der Waals surface area (Å²) in [5, 5.41) is 8.48. The highest BCUT2D eigenvalue weighted by molar-refractivity contribution is 8.14. The molecule has 0 saturated heterocycles. The first-order valence-electron chi connectivity index (χ1n) is 9.84. The lowest BCUT2D eigenvalue weighted by atomic mass is 10.2. The van der Waals surface area contributed by atoms with Gasteiger partial charge in [0.2, 0.25) is 11.8 Å². The van der Waals surface area contributed by atoms with Crippen LogP contribution in [0.3, 0.4) is 0 Å². The van der Waals surface area contributed by atoms with E-state index in [0.29, 0.717) is 29.2 Å². The van der Waals surface area contributed by atoms with Gasteiger partial charge in [-0.15, -0.1) is 5.10 Å². The van der Waals surface area contributed by atoms with Crippen LogP contribution in [-0.2, 0) is 16.0 Å². The van der Waals surface area contributed by atoms with Crippen molar-refractivity contribution in [1.29, 1.82) is 0 Å². The summed E-state index contributed by atoms with van der Waals surface area (Å²) in [5.74, 6) is 0.828. The smallest absolute Gasteiger partial charge is 0.241 e. The van der Waals surface area contributed by atoms with E-state index in [0.717, 1.165) is 17.7 Å². The molecule has 1 atom stereocenters. The summed E-state index contributed by atoms with van der Waals surface area (Å²) < 4.78 is 11.4. The second-order valence-corrected chi connectivity index (χ2v) is 8.28. The Bertz CT molecular complexity index is 981. The van der Waals surface area contributed by atoms with Crippen molar-refractivity contribution in [3.05, 3.63) is 58.6 Å². The molecule has 0 saturated carbocycles. The van der Waals surface area contributed by atoms with E-state index in [-0.39, 0.29) is 11.8 Å². The van der Waals surface area contributed by atoms with Crippen LogP contribution in [0.25, 0.3) is 0 Å². The van der Waals surface area contributed by atoms with Crippen LogP contribution in [0.4, 0.5) is 0 Å². The normalized spacial score (nSPS) is 15.4. The van der Waals surface area contributed by atoms with Crippen LogP contribution in [0.15, 0.2) is 47.6 Å². The minimum Gasteiger partial charge on any atom is -0.490 e. The molecule has 0 spiro atoms. The van der Waals surface area contributed by atoms with Gasteiger partial charge in [-0.05, 0) is 41.8 Å². The third-order valence-corrected chi connectivity index (χ3v) is 5.83. The zero-order valence-corrected chi connectivity index (χ0v) is 19.1. The van der Waals surface area contributed by atoms with E-state index in [4.69, 9.17) is 21.1 Å². The number of carbonyl (C=O) groups excluding carboxylic acids is 2. The first-order valence-corrected chi connectivity index (χ1v) is 11.1. The Kier molecular flexibility index (Phi) is 7.81. The zero-order chi connectivity index (χ0) is 22.4. The number of amidine groups is 1. The molecule has 1 aliphatic heterocycles. The third kappa shape index (κ3) is 6.15. The van der Waals surface area contributed by atoms with Crippen LogP contribution in [0.5, 0.6) is 11.5 Å². The Morgan fingerprint density at radius 2 is 1.84 bits per heavy atom. The fourth-order valence-corrected chi connectivity index (χ4v) is 4.27. The highest BCUT2D eigenvalue weighted by Gasteiger charge is 2.32. The van der Waals surface area contributed by atoms with E-state index in [1.807, 2.05) is 30.3 Å². The molecule has 0 aromatic heterocycles. The van der Waals surface area contributed by atoms with Crippen molar-refractivity contribution in [3.8, 4) is 11.5 Å². The Morgan fingerprint density at radius 1 is 1.13 bits per heavy atom. The molecule has 9 heteroatoms. The highest BCUT2D eigenvalue weighted by atomic mass is 35.5. The topological polar surface area (TPSA) is 80.2 Å². The maximum atomic E-state index is 12.0. The van der Waals surface area contributed by atoms with Crippen LogP contribution in [-0.4, -0.2) is 35.2 Å². The van der Waals surface area contributed by atoms with Crippen molar-refractivity contribution >= 4 is 40.3 Å². The van der Waals surface area contributed by atoms with Crippen LogP contribution < -0.4 is 14.8 Å². The second-order valence-electron chi connectivity index (χ2n) is 6.80. The van der Waals surface area contributed by atoms with Crippen molar-refractivity contribution in [2.45, 2.75) is 32.6 Å². The Balaban J connectivity index is 1.57. The van der Waals surface area contributed by atoms with E-state index in [1.54, 1.807) is 12.1 Å². The maximum absolute atomic E-state index is 12.0. The van der Waals surface area contributed by atoms with Gasteiger partial charge in [0.25, 0.3) is 0 Å². The number of nitrogens with zero attached hydrogens (tertiary/aromatic N) is 2. The van der Waals surface area contributed by atoms with Gasteiger partial charge >= 0.3 is 0 Å². The quantitative estimate of drug-likeness (QED) is 0.619. The summed E-state index contributed by atoms with van der Waals surface area (Å²) in [5.41, 5.74) is 2.03. The van der Waals surface area contributed by atoms with Gasteiger partial charge in [-0.25, -0.2) is 5.01 Å². The Labute approximate surface area is 190 Å². The molecule has 2 aromatic carbocycles. The number of amides is 2. The summed E-state index contributed by atoms with van der Waals surface area (Å²) >= 11 is 7.67. The van der Waals surface area contributed by atoms with Gasteiger partial charge in [0.1, 0.15) is 30.1 Å². The lowest BCUT2D eigenvalue weighted by molar-refractivity contribution is -0.129. The first kappa shape index (κ1) is 23.0. The molecule has 0 aliphatic carbocycles. The van der Waals surface area contributed by atoms with E-state index in [2.05, 4.69) is 17.3 Å². The van der Waals surface area contributed by atoms with Crippen molar-refractivity contribution < 1.29 is 19.1 Å². The number of halogens is 1. The number of thioether (sulfide) groups is 1. The van der Waals surface area contributed by atoms with Gasteiger partial charge in [-0.1, -0.05) is 48.5 Å². The molecule has 3 rings (SSSR count). The Morgan fingerprint density at radius 3 is 2.45 bits per heavy atom. The largest absolute Gasteiger partial charge is 0.490 e. The summed E-state index contributed by atoms with van der Waals surface area (Å²) in [7, 11) is 0. The van der Waals surface area contributed by atoms with Gasteiger partial charge in [0, 0.05) is 13.8 Å². The lowest BCUT2D eigenvalue weighted by Gasteiger charge is -2.20. The number of ether oxygens (including phenoxy) is 2. The van der Waals surface area contributed by atoms with Crippen molar-refractivity contribution in [2.75, 3.05) is 13.2 Å². The van der Waals surface area contributed by atoms with Gasteiger partial charge in [0.05, 0.1) is 5.02 Å². The van der Waals surface area contributed by atoms with Crippen LogP contribution >= 0.6 is 23.4 Å². The molecule has 2 amide bonds. The summed E-state index contributed by atoms with van der Waals surface area (Å²) in [6, 6.07) is 13.3. The highest BCUT2D eigenvalue weighted by Crippen LogP contribution is 2.40. The number of nitrogens with one attached hydrogen (secondary N) is 1. The lowest BCUT2D eigenvalue weighted by Crippen LogP contribution is -2.25. The number of hydrogen-bond donors (Lipinski definition) is 1. The van der Waals surface area contributed by atoms with Gasteiger partial charge in [-0.2, -0.15) is 0 Å². The monoisotopic (exact) mass is 461 g/mol. The zero-order valence-electron chi connectivity index (χ0n) is 17.6. The van der Waals surface area contributed by atoms with Crippen molar-refractivity contribution in [3.63, 3.8) is 0 Å². The fourth-order valence-electron chi connectivity index (χ4n) is 2.90. The number of carbonyl (C=O) groups is 2. The molecule has 7 nitrogen and oxygen atoms in total. The SMILES string of the molecule is CCc1ccc(OCCOc2ccc([C@H]3SC(NC(C)=O)=NN3C(C)=O)cc2Cl)cc1. The predicted molar refractivity (Wildman–Crippen MR) is 122 cm³/mol. The minimum atomic E-state index is -0.416. The predicted octanol–water partition coefficient (Wildman–Crippen LogP) is 4.36. The average Bonchev–Trinajstić information content (AvgIpc) is 3.16.